The Morgan fingerprint density at radius 3 is 2.59 bits per heavy atom. The number of carbonyl (C=O) groups is 3. The van der Waals surface area contributed by atoms with Crippen LogP contribution in [0.15, 0.2) is 30.3 Å². The van der Waals surface area contributed by atoms with Crippen LogP contribution in [0.4, 0.5) is 5.69 Å². The van der Waals surface area contributed by atoms with Gasteiger partial charge < -0.3 is 40.8 Å². The molecule has 4 unspecified atom stereocenters. The lowest BCUT2D eigenvalue weighted by Gasteiger charge is -2.50. The van der Waals surface area contributed by atoms with E-state index in [4.69, 9.17) is 19.9 Å². The molecular formula is C35H47N3O8. The van der Waals surface area contributed by atoms with Crippen LogP contribution in [0.2, 0.25) is 0 Å². The van der Waals surface area contributed by atoms with Gasteiger partial charge in [-0.15, -0.1) is 0 Å². The number of aryl methyl sites for hydroxylation is 2. The van der Waals surface area contributed by atoms with Gasteiger partial charge in [-0.1, -0.05) is 30.7 Å². The molecule has 0 bridgehead atoms. The minimum Gasteiger partial charge on any atom is -0.507 e. The number of anilines is 1. The first-order valence-electron chi connectivity index (χ1n) is 16.4. The predicted octanol–water partition coefficient (Wildman–Crippen LogP) is 3.92. The number of carbonyl (C=O) groups excluding carboxylic acids is 3. The molecule has 46 heavy (non-hydrogen) atoms. The molecule has 6 N–H and O–H groups in total. The van der Waals surface area contributed by atoms with Gasteiger partial charge >= 0.3 is 0 Å². The molecule has 5 rings (SSSR count). The smallest absolute Gasteiger partial charge is 0.256 e. The number of ether oxygens (including phenoxy) is 3. The topological polar surface area (TPSA) is 169 Å². The highest BCUT2D eigenvalue weighted by molar-refractivity contribution is 6.02. The standard InChI is InChI=1S/C35H47N3O8/c1-21-3-5-23-22(19-21)4-6-25-24(23)11-13-35(2)26(25)7-10-29(35)46-15-12-30(40)37-14-16-44-17-18-45-20-31(41)38-27-8-9-28(39)32(33(27)42)34(36)43/h3,5,8-9,19,24-26,29,39,42H,4,6-7,10-18,20H2,1-2H3,(H2,36,43)(H,37,40)(H,38,41)/t24?,25?,26?,29-,35?/m1/s1. The number of hydrogen-bond donors (Lipinski definition) is 5. The number of amides is 3. The van der Waals surface area contributed by atoms with Gasteiger partial charge in [0.05, 0.1) is 38.2 Å². The summed E-state index contributed by atoms with van der Waals surface area (Å²) in [6.45, 7) is 5.71. The molecule has 3 aliphatic rings. The van der Waals surface area contributed by atoms with Crippen molar-refractivity contribution in [2.75, 3.05) is 44.9 Å². The summed E-state index contributed by atoms with van der Waals surface area (Å²) in [6.07, 6.45) is 7.64. The molecule has 0 aliphatic heterocycles. The van der Waals surface area contributed by atoms with E-state index in [1.54, 1.807) is 11.1 Å². The Labute approximate surface area is 270 Å². The van der Waals surface area contributed by atoms with Gasteiger partial charge in [0.25, 0.3) is 5.91 Å². The van der Waals surface area contributed by atoms with E-state index in [2.05, 4.69) is 42.7 Å². The zero-order valence-electron chi connectivity index (χ0n) is 26.8. The number of benzene rings is 2. The summed E-state index contributed by atoms with van der Waals surface area (Å²) in [7, 11) is 0. The number of phenols is 2. The van der Waals surface area contributed by atoms with Crippen LogP contribution < -0.4 is 16.4 Å². The van der Waals surface area contributed by atoms with E-state index in [0.29, 0.717) is 38.0 Å². The van der Waals surface area contributed by atoms with Crippen molar-refractivity contribution >= 4 is 23.4 Å². The van der Waals surface area contributed by atoms with Crippen LogP contribution in [0, 0.1) is 24.2 Å². The molecule has 11 heteroatoms. The molecule has 2 aromatic carbocycles. The van der Waals surface area contributed by atoms with Crippen molar-refractivity contribution in [3.63, 3.8) is 0 Å². The largest absolute Gasteiger partial charge is 0.507 e. The lowest BCUT2D eigenvalue weighted by Crippen LogP contribution is -2.45. The first-order valence-corrected chi connectivity index (χ1v) is 16.4. The zero-order chi connectivity index (χ0) is 32.8. The average molecular weight is 638 g/mol. The van der Waals surface area contributed by atoms with Crippen LogP contribution in [0.25, 0.3) is 0 Å². The molecule has 2 aromatic rings. The Bertz CT molecular complexity index is 1430. The Morgan fingerprint density at radius 1 is 0.978 bits per heavy atom. The van der Waals surface area contributed by atoms with Gasteiger partial charge in [-0.2, -0.15) is 0 Å². The number of nitrogens with two attached hydrogens (primary N) is 1. The van der Waals surface area contributed by atoms with Crippen molar-refractivity contribution in [2.24, 2.45) is 23.0 Å². The van der Waals surface area contributed by atoms with Crippen LogP contribution in [-0.4, -0.2) is 73.6 Å². The fourth-order valence-electron chi connectivity index (χ4n) is 8.08. The highest BCUT2D eigenvalue weighted by Gasteiger charge is 2.55. The van der Waals surface area contributed by atoms with E-state index in [-0.39, 0.29) is 42.9 Å². The molecule has 0 spiro atoms. The molecule has 0 radical (unpaired) electrons. The first-order chi connectivity index (χ1) is 22.1. The molecule has 0 saturated heterocycles. The maximum Gasteiger partial charge on any atom is 0.256 e. The van der Waals surface area contributed by atoms with Crippen LogP contribution in [0.1, 0.15) is 78.4 Å². The van der Waals surface area contributed by atoms with E-state index in [1.807, 2.05) is 0 Å². The Balaban J connectivity index is 0.925. The van der Waals surface area contributed by atoms with Gasteiger partial charge in [0.15, 0.2) is 5.75 Å². The van der Waals surface area contributed by atoms with Gasteiger partial charge in [0.2, 0.25) is 11.8 Å². The summed E-state index contributed by atoms with van der Waals surface area (Å²) in [6, 6.07) is 9.42. The van der Waals surface area contributed by atoms with E-state index in [0.717, 1.165) is 18.4 Å². The van der Waals surface area contributed by atoms with Crippen molar-refractivity contribution in [2.45, 2.75) is 70.8 Å². The summed E-state index contributed by atoms with van der Waals surface area (Å²) in [4.78, 5) is 35.9. The second kappa shape index (κ2) is 14.8. The normalized spacial score (nSPS) is 24.8. The fraction of sp³-hybridized carbons (Fsp3) is 0.571. The Morgan fingerprint density at radius 2 is 1.78 bits per heavy atom. The third kappa shape index (κ3) is 7.48. The number of hydrogen-bond acceptors (Lipinski definition) is 8. The van der Waals surface area contributed by atoms with Gasteiger partial charge in [0, 0.05) is 13.0 Å². The third-order valence-corrected chi connectivity index (χ3v) is 10.3. The molecule has 0 heterocycles. The second-order valence-electron chi connectivity index (χ2n) is 13.1. The second-order valence-corrected chi connectivity index (χ2v) is 13.1. The summed E-state index contributed by atoms with van der Waals surface area (Å²) in [5.41, 5.74) is 9.26. The number of rotatable bonds is 14. The fourth-order valence-corrected chi connectivity index (χ4v) is 8.08. The highest BCUT2D eigenvalue weighted by atomic mass is 16.5. The Hall–Kier alpha value is -3.67. The number of primary amides is 1. The molecule has 250 valence electrons. The minimum absolute atomic E-state index is 0.0731. The predicted molar refractivity (Wildman–Crippen MR) is 172 cm³/mol. The molecule has 2 saturated carbocycles. The lowest BCUT2D eigenvalue weighted by molar-refractivity contribution is -0.124. The zero-order valence-corrected chi connectivity index (χ0v) is 26.8. The van der Waals surface area contributed by atoms with Gasteiger partial charge in [-0.3, -0.25) is 14.4 Å². The van der Waals surface area contributed by atoms with Gasteiger partial charge in [-0.05, 0) is 91.9 Å². The maximum absolute atomic E-state index is 12.4. The lowest BCUT2D eigenvalue weighted by atomic mass is 9.55. The molecule has 5 atom stereocenters. The quantitative estimate of drug-likeness (QED) is 0.118. The third-order valence-electron chi connectivity index (χ3n) is 10.3. The average Bonchev–Trinajstić information content (AvgIpc) is 3.35. The van der Waals surface area contributed by atoms with Gasteiger partial charge in [-0.25, -0.2) is 0 Å². The molecule has 3 aliphatic carbocycles. The van der Waals surface area contributed by atoms with Crippen LogP contribution >= 0.6 is 0 Å². The van der Waals surface area contributed by atoms with Crippen molar-refractivity contribution in [3.8, 4) is 11.5 Å². The molecule has 2 fully saturated rings. The first kappa shape index (κ1) is 33.7. The molecule has 3 amide bonds. The summed E-state index contributed by atoms with van der Waals surface area (Å²) in [5.74, 6) is -0.707. The van der Waals surface area contributed by atoms with E-state index in [9.17, 15) is 24.6 Å². The van der Waals surface area contributed by atoms with Gasteiger partial charge in [0.1, 0.15) is 17.9 Å². The van der Waals surface area contributed by atoms with E-state index >= 15 is 0 Å². The van der Waals surface area contributed by atoms with Crippen LogP contribution in [0.5, 0.6) is 11.5 Å². The van der Waals surface area contributed by atoms with Crippen LogP contribution in [0.3, 0.4) is 0 Å². The monoisotopic (exact) mass is 637 g/mol. The van der Waals surface area contributed by atoms with Crippen molar-refractivity contribution in [1.82, 2.24) is 5.32 Å². The highest BCUT2D eigenvalue weighted by Crippen LogP contribution is 2.61. The molecular weight excluding hydrogens is 590 g/mol. The van der Waals surface area contributed by atoms with Crippen LogP contribution in [-0.2, 0) is 30.2 Å². The summed E-state index contributed by atoms with van der Waals surface area (Å²) in [5, 5.41) is 25.0. The summed E-state index contributed by atoms with van der Waals surface area (Å²) < 4.78 is 17.1. The molecule has 0 aromatic heterocycles. The molecule has 11 nitrogen and oxygen atoms in total. The summed E-state index contributed by atoms with van der Waals surface area (Å²) >= 11 is 0. The van der Waals surface area contributed by atoms with Crippen molar-refractivity contribution in [1.29, 1.82) is 0 Å². The SMILES string of the molecule is Cc1ccc2c(c1)CCC1C2CCC2(C)C1CC[C@H]2OCCC(=O)NCCOCCOCC(=O)Nc1ccc(O)c(C(N)=O)c1O. The maximum atomic E-state index is 12.4. The van der Waals surface area contributed by atoms with E-state index in [1.165, 1.54) is 43.7 Å². The van der Waals surface area contributed by atoms with Crippen molar-refractivity contribution < 1.29 is 38.8 Å². The number of aromatic hydroxyl groups is 2. The van der Waals surface area contributed by atoms with E-state index < -0.39 is 28.9 Å². The number of fused-ring (bicyclic) bond motifs is 5. The van der Waals surface area contributed by atoms with Crippen molar-refractivity contribution in [3.05, 3.63) is 52.6 Å². The Kier molecular flexibility index (Phi) is 10.9. The minimum atomic E-state index is -1.03. The number of nitrogens with one attached hydrogen (secondary N) is 2.